The highest BCUT2D eigenvalue weighted by molar-refractivity contribution is 7.89. The summed E-state index contributed by atoms with van der Waals surface area (Å²) in [5, 5.41) is 7.81. The summed E-state index contributed by atoms with van der Waals surface area (Å²) in [4.78, 5) is 12.7. The Balaban J connectivity index is 1.76. The third-order valence-corrected chi connectivity index (χ3v) is 7.03. The second-order valence-corrected chi connectivity index (χ2v) is 9.54. The largest absolute Gasteiger partial charge is 0.360 e. The molecule has 1 fully saturated rings. The maximum absolute atomic E-state index is 12.8. The van der Waals surface area contributed by atoms with Crippen molar-refractivity contribution < 1.29 is 17.7 Å². The Kier molecular flexibility index (Phi) is 4.99. The van der Waals surface area contributed by atoms with Crippen molar-refractivity contribution in [3.8, 4) is 0 Å². The molecule has 25 heavy (non-hydrogen) atoms. The summed E-state index contributed by atoms with van der Waals surface area (Å²) in [5.74, 6) is 1.14. The van der Waals surface area contributed by atoms with Crippen LogP contribution in [0, 0.1) is 18.8 Å². The zero-order valence-corrected chi connectivity index (χ0v) is 16.0. The van der Waals surface area contributed by atoms with Crippen LogP contribution in [0.5, 0.6) is 0 Å². The van der Waals surface area contributed by atoms with Crippen molar-refractivity contribution in [2.75, 3.05) is 18.4 Å². The number of amides is 1. The lowest BCUT2D eigenvalue weighted by Crippen LogP contribution is -2.42. The molecule has 3 heterocycles. The predicted molar refractivity (Wildman–Crippen MR) is 95.2 cm³/mol. The number of rotatable bonds is 4. The van der Waals surface area contributed by atoms with Crippen molar-refractivity contribution in [3.05, 3.63) is 28.2 Å². The first-order chi connectivity index (χ1) is 11.8. The molecule has 0 radical (unpaired) electrons. The van der Waals surface area contributed by atoms with E-state index >= 15 is 0 Å². The fourth-order valence-electron chi connectivity index (χ4n) is 3.13. The van der Waals surface area contributed by atoms with Crippen molar-refractivity contribution in [1.29, 1.82) is 0 Å². The van der Waals surface area contributed by atoms with Crippen LogP contribution in [0.15, 0.2) is 26.9 Å². The summed E-state index contributed by atoms with van der Waals surface area (Å²) in [6.45, 7) is 6.87. The van der Waals surface area contributed by atoms with Crippen molar-refractivity contribution in [2.24, 2.45) is 11.8 Å². The molecule has 0 bridgehead atoms. The molecule has 1 N–H and O–H groups in total. The summed E-state index contributed by atoms with van der Waals surface area (Å²) in [7, 11) is -3.58. The number of anilines is 1. The van der Waals surface area contributed by atoms with Gasteiger partial charge in [-0.25, -0.2) is 8.42 Å². The number of aryl methyl sites for hydroxylation is 1. The Morgan fingerprint density at radius 2 is 2.00 bits per heavy atom. The number of carbonyl (C=O) groups excluding carboxylic acids is 1. The first kappa shape index (κ1) is 18.1. The Hall–Kier alpha value is -1.71. The van der Waals surface area contributed by atoms with Crippen LogP contribution in [-0.2, 0) is 10.0 Å². The summed E-state index contributed by atoms with van der Waals surface area (Å²) in [5.41, 5.74) is 0. The molecule has 0 saturated carbocycles. The fraction of sp³-hybridized carbons (Fsp3) is 0.500. The molecule has 0 aliphatic carbocycles. The van der Waals surface area contributed by atoms with E-state index < -0.39 is 15.9 Å². The summed E-state index contributed by atoms with van der Waals surface area (Å²) < 4.78 is 32.1. The maximum atomic E-state index is 12.8. The average molecular weight is 383 g/mol. The molecule has 2 atom stereocenters. The van der Waals surface area contributed by atoms with Gasteiger partial charge in [0, 0.05) is 24.5 Å². The van der Waals surface area contributed by atoms with Gasteiger partial charge in [0.2, 0.25) is 10.0 Å². The molecule has 7 nitrogen and oxygen atoms in total. The number of nitrogens with one attached hydrogen (secondary N) is 1. The van der Waals surface area contributed by atoms with Crippen LogP contribution in [-0.4, -0.2) is 36.9 Å². The molecule has 1 saturated heterocycles. The zero-order chi connectivity index (χ0) is 18.2. The van der Waals surface area contributed by atoms with Crippen LogP contribution >= 0.6 is 11.3 Å². The van der Waals surface area contributed by atoms with E-state index in [1.807, 2.05) is 0 Å². The van der Waals surface area contributed by atoms with E-state index in [9.17, 15) is 13.2 Å². The van der Waals surface area contributed by atoms with Crippen LogP contribution in [0.2, 0.25) is 0 Å². The molecule has 1 amide bonds. The third kappa shape index (κ3) is 3.94. The first-order valence-electron chi connectivity index (χ1n) is 8.09. The Labute approximate surface area is 151 Å². The summed E-state index contributed by atoms with van der Waals surface area (Å²) in [6.07, 6.45) is 1.03. The van der Waals surface area contributed by atoms with Crippen molar-refractivity contribution in [2.45, 2.75) is 32.1 Å². The first-order valence-corrected chi connectivity index (χ1v) is 10.4. The molecule has 2 aromatic rings. The van der Waals surface area contributed by atoms with E-state index in [0.717, 1.165) is 17.8 Å². The molecule has 1 aliphatic heterocycles. The van der Waals surface area contributed by atoms with Crippen LogP contribution in [0.4, 0.5) is 5.82 Å². The summed E-state index contributed by atoms with van der Waals surface area (Å²) in [6, 6.07) is 3.02. The number of nitrogens with zero attached hydrogens (tertiary/aromatic N) is 2. The van der Waals surface area contributed by atoms with E-state index in [1.54, 1.807) is 13.0 Å². The predicted octanol–water partition coefficient (Wildman–Crippen LogP) is 2.96. The highest BCUT2D eigenvalue weighted by atomic mass is 32.2. The smallest absolute Gasteiger partial charge is 0.267 e. The van der Waals surface area contributed by atoms with Crippen LogP contribution in [0.25, 0.3) is 0 Å². The lowest BCUT2D eigenvalue weighted by molar-refractivity contribution is 0.102. The van der Waals surface area contributed by atoms with Crippen LogP contribution < -0.4 is 5.32 Å². The van der Waals surface area contributed by atoms with Gasteiger partial charge in [-0.15, -0.1) is 11.3 Å². The lowest BCUT2D eigenvalue weighted by Gasteiger charge is -2.33. The van der Waals surface area contributed by atoms with Crippen molar-refractivity contribution in [3.63, 3.8) is 0 Å². The molecular weight excluding hydrogens is 362 g/mol. The zero-order valence-electron chi connectivity index (χ0n) is 14.4. The number of piperidine rings is 1. The number of aromatic nitrogens is 1. The van der Waals surface area contributed by atoms with E-state index in [2.05, 4.69) is 24.3 Å². The van der Waals surface area contributed by atoms with Crippen LogP contribution in [0.3, 0.4) is 0 Å². The number of hydrogen-bond donors (Lipinski definition) is 1. The third-order valence-electron chi connectivity index (χ3n) is 4.14. The SMILES string of the molecule is Cc1cc(NC(=O)c2cc(S(=O)(=O)N3C[C@@H](C)C[C@H](C)C3)cs2)no1. The number of hydrogen-bond acceptors (Lipinski definition) is 6. The van der Waals surface area contributed by atoms with Gasteiger partial charge in [-0.2, -0.15) is 4.31 Å². The number of sulfonamides is 1. The molecule has 0 spiro atoms. The quantitative estimate of drug-likeness (QED) is 0.876. The minimum Gasteiger partial charge on any atom is -0.360 e. The van der Waals surface area contributed by atoms with Gasteiger partial charge < -0.3 is 9.84 Å². The Morgan fingerprint density at radius 1 is 1.32 bits per heavy atom. The van der Waals surface area contributed by atoms with Gasteiger partial charge in [0.1, 0.15) is 5.76 Å². The van der Waals surface area contributed by atoms with Crippen molar-refractivity contribution in [1.82, 2.24) is 9.46 Å². The topological polar surface area (TPSA) is 92.5 Å². The summed E-state index contributed by atoms with van der Waals surface area (Å²) >= 11 is 1.10. The highest BCUT2D eigenvalue weighted by Crippen LogP contribution is 2.29. The van der Waals surface area contributed by atoms with Gasteiger partial charge in [-0.3, -0.25) is 4.79 Å². The number of carbonyl (C=O) groups is 1. The Morgan fingerprint density at radius 3 is 2.60 bits per heavy atom. The fourth-order valence-corrected chi connectivity index (χ4v) is 5.96. The normalized spacial score (nSPS) is 22.0. The molecule has 9 heteroatoms. The van der Waals surface area contributed by atoms with Gasteiger partial charge in [0.15, 0.2) is 5.82 Å². The van der Waals surface area contributed by atoms with Crippen LogP contribution in [0.1, 0.15) is 35.7 Å². The monoisotopic (exact) mass is 383 g/mol. The second-order valence-electron chi connectivity index (χ2n) is 6.69. The van der Waals surface area contributed by atoms with Crippen molar-refractivity contribution >= 4 is 33.1 Å². The molecule has 136 valence electrons. The minimum atomic E-state index is -3.58. The van der Waals surface area contributed by atoms with E-state index in [4.69, 9.17) is 4.52 Å². The molecule has 0 aromatic carbocycles. The van der Waals surface area contributed by atoms with Gasteiger partial charge in [-0.05, 0) is 31.2 Å². The Bertz CT molecular complexity index is 862. The van der Waals surface area contributed by atoms with Gasteiger partial charge >= 0.3 is 0 Å². The molecule has 0 unspecified atom stereocenters. The van der Waals surface area contributed by atoms with E-state index in [1.165, 1.54) is 15.8 Å². The molecule has 1 aliphatic rings. The molecule has 3 rings (SSSR count). The molecular formula is C16H21N3O4S2. The minimum absolute atomic E-state index is 0.167. The standard InChI is InChI=1S/C16H21N3O4S2/c1-10-4-11(2)8-19(7-10)25(21,22)13-6-14(24-9-13)16(20)17-15-5-12(3)23-18-15/h5-6,9-11H,4,7-8H2,1-3H3,(H,17,18,20)/t10-,11-/m0/s1. The average Bonchev–Trinajstić information content (AvgIpc) is 3.16. The van der Waals surface area contributed by atoms with Gasteiger partial charge in [0.05, 0.1) is 9.77 Å². The van der Waals surface area contributed by atoms with E-state index in [-0.39, 0.29) is 4.90 Å². The molecule has 2 aromatic heterocycles. The number of thiophene rings is 1. The maximum Gasteiger partial charge on any atom is 0.267 e. The lowest BCUT2D eigenvalue weighted by atomic mass is 9.94. The van der Waals surface area contributed by atoms with E-state index in [0.29, 0.717) is 41.4 Å². The van der Waals surface area contributed by atoms with Gasteiger partial charge in [-0.1, -0.05) is 19.0 Å². The second kappa shape index (κ2) is 6.89. The highest BCUT2D eigenvalue weighted by Gasteiger charge is 2.32. The van der Waals surface area contributed by atoms with Gasteiger partial charge in [0.25, 0.3) is 5.91 Å².